The molecule has 200 valence electrons. The van der Waals surface area contributed by atoms with Crippen molar-refractivity contribution < 1.29 is 35.3 Å². The van der Waals surface area contributed by atoms with E-state index in [1.165, 1.54) is 4.57 Å². The molecular formula is C22H39N5O8. The minimum absolute atomic E-state index is 0.101. The summed E-state index contributed by atoms with van der Waals surface area (Å²) in [5, 5.41) is 37.4. The predicted octanol–water partition coefficient (Wildman–Crippen LogP) is -0.641. The first-order chi connectivity index (χ1) is 16.9. The Morgan fingerprint density at radius 3 is 1.83 bits per heavy atom. The third-order valence-electron chi connectivity index (χ3n) is 6.24. The molecule has 1 aromatic rings. The molecule has 2 rings (SSSR count). The van der Waals surface area contributed by atoms with E-state index in [4.69, 9.17) is 10.5 Å². The van der Waals surface area contributed by atoms with Gasteiger partial charge >= 0.3 is 5.97 Å². The average Bonchev–Trinajstić information content (AvgIpc) is 2.83. The first kappa shape index (κ1) is 29.1. The van der Waals surface area contributed by atoms with Crippen LogP contribution in [0.1, 0.15) is 12.5 Å². The number of nitrogens with zero attached hydrogens (tertiary/aromatic N) is 5. The summed E-state index contributed by atoms with van der Waals surface area (Å²) in [6.07, 6.45) is 1.67. The Morgan fingerprint density at radius 1 is 0.886 bits per heavy atom. The number of aromatic hydroxyl groups is 1. The van der Waals surface area contributed by atoms with Gasteiger partial charge in [0.15, 0.2) is 5.75 Å². The van der Waals surface area contributed by atoms with Gasteiger partial charge < -0.3 is 14.8 Å². The normalized spacial score (nSPS) is 18.3. The van der Waals surface area contributed by atoms with Gasteiger partial charge in [-0.05, 0) is 13.0 Å². The highest BCUT2D eigenvalue weighted by Gasteiger charge is 2.19. The summed E-state index contributed by atoms with van der Waals surface area (Å²) >= 11 is 0. The SMILES string of the molecule is CCn1ccc(CN2CCN(CCOO)CCN(CCOO)CCN(CC(=O)O)CC2)c(O)c1=O. The molecule has 4 N–H and O–H groups in total. The summed E-state index contributed by atoms with van der Waals surface area (Å²) in [5.41, 5.74) is 0.0949. The van der Waals surface area contributed by atoms with Gasteiger partial charge in [0.1, 0.15) is 0 Å². The fourth-order valence-corrected chi connectivity index (χ4v) is 4.09. The molecule has 35 heavy (non-hydrogen) atoms. The van der Waals surface area contributed by atoms with Crippen molar-refractivity contribution in [3.05, 3.63) is 28.2 Å². The minimum Gasteiger partial charge on any atom is -0.503 e. The van der Waals surface area contributed by atoms with Gasteiger partial charge in [-0.15, -0.1) is 0 Å². The zero-order chi connectivity index (χ0) is 25.6. The lowest BCUT2D eigenvalue weighted by molar-refractivity contribution is -0.245. The highest BCUT2D eigenvalue weighted by Crippen LogP contribution is 2.14. The van der Waals surface area contributed by atoms with E-state index in [1.807, 2.05) is 11.8 Å². The van der Waals surface area contributed by atoms with Crippen LogP contribution in [-0.4, -0.2) is 136 Å². The number of aryl methyl sites for hydroxylation is 1. The molecule has 0 radical (unpaired) electrons. The molecular weight excluding hydrogens is 462 g/mol. The number of carbonyl (C=O) groups is 1. The molecule has 0 bridgehead atoms. The van der Waals surface area contributed by atoms with Crippen molar-refractivity contribution in [3.63, 3.8) is 0 Å². The van der Waals surface area contributed by atoms with Crippen LogP contribution in [0.5, 0.6) is 5.75 Å². The Balaban J connectivity index is 2.20. The molecule has 0 amide bonds. The number of aliphatic carboxylic acids is 1. The smallest absolute Gasteiger partial charge is 0.317 e. The van der Waals surface area contributed by atoms with Gasteiger partial charge in [-0.25, -0.2) is 9.78 Å². The highest BCUT2D eigenvalue weighted by molar-refractivity contribution is 5.69. The Hall–Kier alpha value is -2.10. The number of carboxylic acid groups (broad SMARTS) is 1. The van der Waals surface area contributed by atoms with Crippen LogP contribution in [0.4, 0.5) is 0 Å². The van der Waals surface area contributed by atoms with Crippen LogP contribution in [0.25, 0.3) is 0 Å². The molecule has 1 aliphatic heterocycles. The fourth-order valence-electron chi connectivity index (χ4n) is 4.09. The lowest BCUT2D eigenvalue weighted by atomic mass is 10.2. The van der Waals surface area contributed by atoms with Crippen molar-refractivity contribution in [1.29, 1.82) is 0 Å². The van der Waals surface area contributed by atoms with Crippen molar-refractivity contribution in [3.8, 4) is 5.75 Å². The molecule has 13 nitrogen and oxygen atoms in total. The maximum absolute atomic E-state index is 12.4. The zero-order valence-corrected chi connectivity index (χ0v) is 20.4. The molecule has 1 saturated heterocycles. The molecule has 0 spiro atoms. The van der Waals surface area contributed by atoms with Gasteiger partial charge in [0.2, 0.25) is 0 Å². The minimum atomic E-state index is -0.912. The number of hydrogen-bond acceptors (Lipinski definition) is 11. The largest absolute Gasteiger partial charge is 0.503 e. The third kappa shape index (κ3) is 10.2. The Bertz CT molecular complexity index is 824. The van der Waals surface area contributed by atoms with Crippen LogP contribution in [0.2, 0.25) is 0 Å². The maximum atomic E-state index is 12.4. The van der Waals surface area contributed by atoms with E-state index in [-0.39, 0.29) is 25.5 Å². The molecule has 1 fully saturated rings. The van der Waals surface area contributed by atoms with Crippen LogP contribution in [-0.2, 0) is 27.7 Å². The van der Waals surface area contributed by atoms with Gasteiger partial charge in [0, 0.05) is 90.3 Å². The van der Waals surface area contributed by atoms with Crippen molar-refractivity contribution in [2.24, 2.45) is 0 Å². The molecule has 1 aliphatic rings. The summed E-state index contributed by atoms with van der Waals surface area (Å²) in [6.45, 7) is 8.54. The van der Waals surface area contributed by atoms with E-state index in [0.717, 1.165) is 0 Å². The number of hydrogen-bond donors (Lipinski definition) is 4. The van der Waals surface area contributed by atoms with E-state index in [2.05, 4.69) is 24.5 Å². The van der Waals surface area contributed by atoms with Crippen molar-refractivity contribution in [2.45, 2.75) is 20.0 Å². The monoisotopic (exact) mass is 501 g/mol. The third-order valence-corrected chi connectivity index (χ3v) is 6.24. The molecule has 1 aromatic heterocycles. The zero-order valence-electron chi connectivity index (χ0n) is 20.4. The van der Waals surface area contributed by atoms with Crippen LogP contribution in [0.3, 0.4) is 0 Å². The molecule has 0 aromatic carbocycles. The Morgan fingerprint density at radius 2 is 1.37 bits per heavy atom. The van der Waals surface area contributed by atoms with E-state index < -0.39 is 11.5 Å². The summed E-state index contributed by atoms with van der Waals surface area (Å²) in [5.74, 6) is -1.18. The average molecular weight is 502 g/mol. The number of carboxylic acids is 1. The van der Waals surface area contributed by atoms with Gasteiger partial charge in [-0.3, -0.25) is 39.7 Å². The van der Waals surface area contributed by atoms with Gasteiger partial charge in [-0.1, -0.05) is 0 Å². The lowest BCUT2D eigenvalue weighted by Gasteiger charge is -2.33. The second kappa shape index (κ2) is 15.8. The van der Waals surface area contributed by atoms with Crippen LogP contribution < -0.4 is 5.56 Å². The fraction of sp³-hybridized carbons (Fsp3) is 0.727. The van der Waals surface area contributed by atoms with Crippen LogP contribution in [0.15, 0.2) is 17.1 Å². The molecule has 0 unspecified atom stereocenters. The summed E-state index contributed by atoms with van der Waals surface area (Å²) in [6, 6.07) is 1.74. The maximum Gasteiger partial charge on any atom is 0.317 e. The first-order valence-corrected chi connectivity index (χ1v) is 11.9. The van der Waals surface area contributed by atoms with Crippen molar-refractivity contribution >= 4 is 5.97 Å². The van der Waals surface area contributed by atoms with E-state index in [1.54, 1.807) is 12.3 Å². The lowest BCUT2D eigenvalue weighted by Crippen LogP contribution is -2.47. The highest BCUT2D eigenvalue weighted by atomic mass is 17.1. The quantitative estimate of drug-likeness (QED) is 0.225. The van der Waals surface area contributed by atoms with E-state index in [0.29, 0.717) is 84.1 Å². The second-order valence-corrected chi connectivity index (χ2v) is 8.58. The number of rotatable bonds is 11. The van der Waals surface area contributed by atoms with Gasteiger partial charge in [0.25, 0.3) is 5.56 Å². The van der Waals surface area contributed by atoms with E-state index >= 15 is 0 Å². The first-order valence-electron chi connectivity index (χ1n) is 11.9. The Kier molecular flexibility index (Phi) is 13.2. The standard InChI is InChI=1S/C22H39N5O8/c1-2-27-4-3-19(21(30)22(27)31)17-25-9-7-23(13-15-34-32)5-6-24(14-16-35-33)8-10-26(12-11-25)18-20(28)29/h3-4,30,32-33H,2,5-18H2,1H3,(H,28,29). The van der Waals surface area contributed by atoms with Crippen molar-refractivity contribution in [1.82, 2.24) is 24.2 Å². The van der Waals surface area contributed by atoms with Crippen molar-refractivity contribution in [2.75, 3.05) is 85.2 Å². The second-order valence-electron chi connectivity index (χ2n) is 8.58. The topological polar surface area (TPSA) is 151 Å². The van der Waals surface area contributed by atoms with Gasteiger partial charge in [0.05, 0.1) is 19.8 Å². The van der Waals surface area contributed by atoms with Crippen LogP contribution in [0, 0.1) is 0 Å². The number of pyridine rings is 1. The van der Waals surface area contributed by atoms with Gasteiger partial charge in [-0.2, -0.15) is 0 Å². The summed E-state index contributed by atoms with van der Waals surface area (Å²) in [4.78, 5) is 40.5. The summed E-state index contributed by atoms with van der Waals surface area (Å²) < 4.78 is 1.44. The molecule has 0 saturated carbocycles. The molecule has 0 atom stereocenters. The van der Waals surface area contributed by atoms with E-state index in [9.17, 15) is 19.8 Å². The molecule has 2 heterocycles. The molecule has 13 heteroatoms. The summed E-state index contributed by atoms with van der Waals surface area (Å²) in [7, 11) is 0. The molecule has 0 aliphatic carbocycles. The van der Waals surface area contributed by atoms with Crippen LogP contribution >= 0.6 is 0 Å². The Labute approximate surface area is 205 Å². The predicted molar refractivity (Wildman–Crippen MR) is 127 cm³/mol. The number of aromatic nitrogens is 1.